The maximum atomic E-state index is 12.3. The first kappa shape index (κ1) is 18.0. The molecular weight excluding hydrogens is 334 g/mol. The molecule has 1 fully saturated rings. The number of para-hydroxylation sites is 1. The van der Waals surface area contributed by atoms with Gasteiger partial charge in [-0.1, -0.05) is 37.5 Å². The van der Waals surface area contributed by atoms with Crippen molar-refractivity contribution in [2.75, 3.05) is 0 Å². The van der Waals surface area contributed by atoms with E-state index in [1.165, 1.54) is 13.3 Å². The zero-order valence-electron chi connectivity index (χ0n) is 14.7. The van der Waals surface area contributed by atoms with Crippen molar-refractivity contribution in [2.24, 2.45) is 0 Å². The molecule has 1 heterocycles. The molecule has 1 aliphatic rings. The summed E-state index contributed by atoms with van der Waals surface area (Å²) in [4.78, 5) is 39.3. The first-order valence-electron chi connectivity index (χ1n) is 8.93. The van der Waals surface area contributed by atoms with E-state index >= 15 is 0 Å². The summed E-state index contributed by atoms with van der Waals surface area (Å²) in [5.41, 5.74) is 1.16. The monoisotopic (exact) mass is 357 g/mol. The zero-order chi connectivity index (χ0) is 18.5. The summed E-state index contributed by atoms with van der Waals surface area (Å²) in [5, 5.41) is 5.76. The lowest BCUT2D eigenvalue weighted by Crippen LogP contribution is -2.48. The molecule has 0 aliphatic heterocycles. The number of aromatic amines is 1. The molecule has 2 aromatic rings. The van der Waals surface area contributed by atoms with Crippen molar-refractivity contribution >= 4 is 28.8 Å². The van der Waals surface area contributed by atoms with Crippen LogP contribution in [0, 0.1) is 0 Å². The number of aromatic nitrogens is 1. The number of hydrogen-bond acceptors (Lipinski definition) is 4. The number of urea groups is 1. The van der Waals surface area contributed by atoms with E-state index in [1.807, 2.05) is 18.2 Å². The van der Waals surface area contributed by atoms with Crippen LogP contribution in [-0.4, -0.2) is 35.0 Å². The molecule has 0 saturated heterocycles. The van der Waals surface area contributed by atoms with Gasteiger partial charge in [-0.05, 0) is 25.8 Å². The van der Waals surface area contributed by atoms with E-state index in [0.29, 0.717) is 5.56 Å². The predicted octanol–water partition coefficient (Wildman–Crippen LogP) is 2.87. The number of imide groups is 1. The van der Waals surface area contributed by atoms with Gasteiger partial charge in [-0.3, -0.25) is 10.1 Å². The maximum Gasteiger partial charge on any atom is 0.341 e. The van der Waals surface area contributed by atoms with Gasteiger partial charge in [0, 0.05) is 23.1 Å². The second kappa shape index (κ2) is 8.03. The van der Waals surface area contributed by atoms with Crippen LogP contribution in [0.1, 0.15) is 49.4 Å². The van der Waals surface area contributed by atoms with E-state index < -0.39 is 24.0 Å². The van der Waals surface area contributed by atoms with Crippen LogP contribution in [0.25, 0.3) is 10.9 Å². The van der Waals surface area contributed by atoms with Crippen LogP contribution in [0.5, 0.6) is 0 Å². The standard InChI is InChI=1S/C19H23N3O4/c1-12(17(23)22-19(25)21-13-7-3-2-4-8-13)26-18(24)15-11-20-16-10-6-5-9-14(15)16/h5-6,9-13,20H,2-4,7-8H2,1H3,(H2,21,22,23,25)/t12-/m1/s1. The summed E-state index contributed by atoms with van der Waals surface area (Å²) in [6.07, 6.45) is 5.66. The predicted molar refractivity (Wildman–Crippen MR) is 96.7 cm³/mol. The fourth-order valence-electron chi connectivity index (χ4n) is 3.20. The maximum absolute atomic E-state index is 12.3. The number of carbonyl (C=O) groups excluding carboxylic acids is 3. The van der Waals surface area contributed by atoms with Crippen LogP contribution in [0.15, 0.2) is 30.5 Å². The molecule has 1 atom stereocenters. The van der Waals surface area contributed by atoms with Crippen LogP contribution < -0.4 is 10.6 Å². The zero-order valence-corrected chi connectivity index (χ0v) is 14.7. The number of H-pyrrole nitrogens is 1. The summed E-state index contributed by atoms with van der Waals surface area (Å²) in [6, 6.07) is 6.87. The van der Waals surface area contributed by atoms with E-state index in [-0.39, 0.29) is 6.04 Å². The number of benzene rings is 1. The molecule has 0 unspecified atom stereocenters. The molecule has 3 rings (SSSR count). The van der Waals surface area contributed by atoms with Crippen LogP contribution in [0.4, 0.5) is 4.79 Å². The minimum absolute atomic E-state index is 0.0978. The highest BCUT2D eigenvalue weighted by molar-refractivity contribution is 6.05. The molecule has 7 nitrogen and oxygen atoms in total. The lowest BCUT2D eigenvalue weighted by molar-refractivity contribution is -0.127. The number of esters is 1. The lowest BCUT2D eigenvalue weighted by atomic mass is 9.96. The van der Waals surface area contributed by atoms with Gasteiger partial charge in [0.25, 0.3) is 5.91 Å². The molecule has 7 heteroatoms. The second-order valence-corrected chi connectivity index (χ2v) is 6.59. The van der Waals surface area contributed by atoms with E-state index in [9.17, 15) is 14.4 Å². The fraction of sp³-hybridized carbons (Fsp3) is 0.421. The average molecular weight is 357 g/mol. The van der Waals surface area contributed by atoms with Gasteiger partial charge in [0.15, 0.2) is 6.10 Å². The van der Waals surface area contributed by atoms with Gasteiger partial charge in [-0.15, -0.1) is 0 Å². The number of carbonyl (C=O) groups is 3. The summed E-state index contributed by atoms with van der Waals surface area (Å²) in [7, 11) is 0. The highest BCUT2D eigenvalue weighted by Crippen LogP contribution is 2.19. The van der Waals surface area contributed by atoms with Crippen LogP contribution in [-0.2, 0) is 9.53 Å². The number of nitrogens with one attached hydrogen (secondary N) is 3. The van der Waals surface area contributed by atoms with Gasteiger partial charge in [-0.2, -0.15) is 0 Å². The molecule has 3 N–H and O–H groups in total. The van der Waals surface area contributed by atoms with Crippen molar-refractivity contribution in [1.29, 1.82) is 0 Å². The summed E-state index contributed by atoms with van der Waals surface area (Å²) in [6.45, 7) is 1.44. The highest BCUT2D eigenvalue weighted by atomic mass is 16.5. The first-order valence-corrected chi connectivity index (χ1v) is 8.93. The molecule has 26 heavy (non-hydrogen) atoms. The van der Waals surface area contributed by atoms with Gasteiger partial charge in [-0.25, -0.2) is 9.59 Å². The van der Waals surface area contributed by atoms with Crippen molar-refractivity contribution in [3.8, 4) is 0 Å². The third kappa shape index (κ3) is 4.22. The Bertz CT molecular complexity index is 808. The number of ether oxygens (including phenoxy) is 1. The van der Waals surface area contributed by atoms with Crippen molar-refractivity contribution < 1.29 is 19.1 Å². The van der Waals surface area contributed by atoms with Gasteiger partial charge in [0.05, 0.1) is 5.56 Å². The van der Waals surface area contributed by atoms with Gasteiger partial charge < -0.3 is 15.0 Å². The normalized spacial score (nSPS) is 16.0. The van der Waals surface area contributed by atoms with Crippen LogP contribution in [0.3, 0.4) is 0 Å². The Hall–Kier alpha value is -2.83. The average Bonchev–Trinajstić information content (AvgIpc) is 3.06. The minimum Gasteiger partial charge on any atom is -0.449 e. The summed E-state index contributed by atoms with van der Waals surface area (Å²) in [5.74, 6) is -1.26. The number of amides is 3. The minimum atomic E-state index is -1.08. The fourth-order valence-corrected chi connectivity index (χ4v) is 3.20. The summed E-state index contributed by atoms with van der Waals surface area (Å²) >= 11 is 0. The van der Waals surface area contributed by atoms with E-state index in [4.69, 9.17) is 4.74 Å². The summed E-state index contributed by atoms with van der Waals surface area (Å²) < 4.78 is 5.20. The third-order valence-electron chi connectivity index (χ3n) is 4.64. The highest BCUT2D eigenvalue weighted by Gasteiger charge is 2.23. The quantitative estimate of drug-likeness (QED) is 0.733. The van der Waals surface area contributed by atoms with E-state index in [2.05, 4.69) is 15.6 Å². The number of fused-ring (bicyclic) bond motifs is 1. The van der Waals surface area contributed by atoms with Gasteiger partial charge in [0.1, 0.15) is 0 Å². The van der Waals surface area contributed by atoms with Gasteiger partial charge >= 0.3 is 12.0 Å². The second-order valence-electron chi connectivity index (χ2n) is 6.59. The van der Waals surface area contributed by atoms with Crippen LogP contribution >= 0.6 is 0 Å². The van der Waals surface area contributed by atoms with Gasteiger partial charge in [0.2, 0.25) is 0 Å². The van der Waals surface area contributed by atoms with Crippen molar-refractivity contribution in [3.63, 3.8) is 0 Å². The lowest BCUT2D eigenvalue weighted by Gasteiger charge is -2.23. The Morgan fingerprint density at radius 3 is 2.65 bits per heavy atom. The Morgan fingerprint density at radius 2 is 1.88 bits per heavy atom. The van der Waals surface area contributed by atoms with Crippen LogP contribution in [0.2, 0.25) is 0 Å². The Labute approximate surface area is 151 Å². The Morgan fingerprint density at radius 1 is 1.15 bits per heavy atom. The molecule has 0 radical (unpaired) electrons. The number of rotatable bonds is 4. The molecule has 1 aliphatic carbocycles. The third-order valence-corrected chi connectivity index (χ3v) is 4.64. The Balaban J connectivity index is 1.53. The molecule has 1 saturated carbocycles. The molecule has 1 aromatic carbocycles. The molecule has 1 aromatic heterocycles. The topological polar surface area (TPSA) is 100 Å². The number of hydrogen-bond donors (Lipinski definition) is 3. The molecule has 0 bridgehead atoms. The van der Waals surface area contributed by atoms with E-state index in [1.54, 1.807) is 12.3 Å². The van der Waals surface area contributed by atoms with Crippen molar-refractivity contribution in [2.45, 2.75) is 51.2 Å². The first-order chi connectivity index (χ1) is 12.5. The van der Waals surface area contributed by atoms with E-state index in [0.717, 1.165) is 36.6 Å². The smallest absolute Gasteiger partial charge is 0.341 e. The molecule has 0 spiro atoms. The van der Waals surface area contributed by atoms with Crippen molar-refractivity contribution in [1.82, 2.24) is 15.6 Å². The molecule has 138 valence electrons. The molecular formula is C19H23N3O4. The SMILES string of the molecule is C[C@@H](OC(=O)c1c[nH]c2ccccc12)C(=O)NC(=O)NC1CCCCC1. The largest absolute Gasteiger partial charge is 0.449 e. The Kier molecular flexibility index (Phi) is 5.55. The van der Waals surface area contributed by atoms with Crippen molar-refractivity contribution in [3.05, 3.63) is 36.0 Å². The molecule has 3 amide bonds.